The quantitative estimate of drug-likeness (QED) is 0.602. The zero-order chi connectivity index (χ0) is 14.4. The van der Waals surface area contributed by atoms with Crippen LogP contribution in [0.3, 0.4) is 0 Å². The van der Waals surface area contributed by atoms with Gasteiger partial charge in [0.1, 0.15) is 0 Å². The average molecular weight is 246 g/mol. The average Bonchev–Trinajstić information content (AvgIpc) is 2.13. The molecule has 0 unspecified atom stereocenters. The van der Waals surface area contributed by atoms with Crippen LogP contribution in [0.2, 0.25) is 0 Å². The minimum atomic E-state index is 0.0846. The molecule has 1 rings (SSSR count). The van der Waals surface area contributed by atoms with Gasteiger partial charge in [-0.15, -0.1) is 0 Å². The van der Waals surface area contributed by atoms with E-state index in [4.69, 9.17) is 0 Å². The summed E-state index contributed by atoms with van der Waals surface area (Å²) >= 11 is 0. The molecule has 96 valence electrons. The monoisotopic (exact) mass is 246 g/mol. The molecule has 0 radical (unpaired) electrons. The topological polar surface area (TPSA) is 11.6 Å². The summed E-state index contributed by atoms with van der Waals surface area (Å²) in [4.78, 5) is 0. The van der Waals surface area contributed by atoms with Crippen molar-refractivity contribution < 1.29 is 13.1 Å². The predicted molar refractivity (Wildman–Crippen MR) is 76.1 cm³/mol. The Morgan fingerprint density at radius 2 is 0.611 bits per heavy atom. The predicted octanol–water partition coefficient (Wildman–Crippen LogP) is -0.172. The Balaban J connectivity index is 3.49. The van der Waals surface area contributed by atoms with Gasteiger partial charge in [0.05, 0.1) is 0 Å². The van der Waals surface area contributed by atoms with Crippen molar-refractivity contribution in [1.82, 2.24) is 0 Å². The zero-order valence-corrected chi connectivity index (χ0v) is 13.6. The van der Waals surface area contributed by atoms with Gasteiger partial charge in [-0.05, 0) is 0 Å². The van der Waals surface area contributed by atoms with Crippen molar-refractivity contribution in [3.05, 3.63) is 0 Å². The van der Waals surface area contributed by atoms with E-state index >= 15 is 0 Å². The third kappa shape index (κ3) is 3.79. The van der Waals surface area contributed by atoms with Crippen LogP contribution in [-0.2, 0) is 16.6 Å². The molecule has 1 heterocycles. The van der Waals surface area contributed by atoms with Gasteiger partial charge in [-0.2, -0.15) is 0 Å². The summed E-state index contributed by atoms with van der Waals surface area (Å²) < 4.78 is 6.84. The number of rotatable bonds is 0. The van der Waals surface area contributed by atoms with Crippen molar-refractivity contribution in [2.75, 3.05) is 0 Å². The van der Waals surface area contributed by atoms with E-state index < -0.39 is 0 Å². The molecule has 0 bridgehead atoms. The molecule has 0 aliphatic heterocycles. The number of hydrogen-bond donors (Lipinski definition) is 0. The SMILES string of the molecule is CC(C)(C)[n+]1b[n+](C(C)(C)C)b[n+](C(C)(C)C)b1. The summed E-state index contributed by atoms with van der Waals surface area (Å²) in [5, 5.41) is 0. The van der Waals surface area contributed by atoms with Crippen LogP contribution in [0.5, 0.6) is 0 Å². The number of aromatic nitrogens is 3. The maximum atomic E-state index is 2.28. The molecule has 0 saturated carbocycles. The Bertz CT molecular complexity index is 360. The molecule has 0 aliphatic rings. The minimum absolute atomic E-state index is 0.0846. The number of nitrogens with zero attached hydrogens (tertiary/aromatic N) is 3. The van der Waals surface area contributed by atoms with Crippen LogP contribution in [-0.4, -0.2) is 21.6 Å². The fourth-order valence-corrected chi connectivity index (χ4v) is 1.53. The van der Waals surface area contributed by atoms with E-state index in [1.54, 1.807) is 0 Å². The summed E-state index contributed by atoms with van der Waals surface area (Å²) in [6, 6.07) is 0. The van der Waals surface area contributed by atoms with Crippen LogP contribution in [0.25, 0.3) is 0 Å². The third-order valence-corrected chi connectivity index (χ3v) is 3.07. The molecular formula is C12H27B3N3+3. The van der Waals surface area contributed by atoms with E-state index in [9.17, 15) is 0 Å². The van der Waals surface area contributed by atoms with Crippen molar-refractivity contribution in [2.45, 2.75) is 78.9 Å². The Morgan fingerprint density at radius 1 is 0.444 bits per heavy atom. The molecule has 3 nitrogen and oxygen atoms in total. The molecule has 6 heteroatoms. The molecule has 0 aliphatic carbocycles. The van der Waals surface area contributed by atoms with E-state index in [0.717, 1.165) is 0 Å². The molecule has 1 aromatic rings. The van der Waals surface area contributed by atoms with Crippen LogP contribution < -0.4 is 13.1 Å². The Hall–Kier alpha value is -0.405. The third-order valence-electron chi connectivity index (χ3n) is 3.07. The summed E-state index contributed by atoms with van der Waals surface area (Å²) in [5.41, 5.74) is 0.254. The van der Waals surface area contributed by atoms with Gasteiger partial charge in [0.2, 0.25) is 0 Å². The molecule has 0 aromatic carbocycles. The molecule has 0 spiro atoms. The number of hydrogen-bond acceptors (Lipinski definition) is 0. The van der Waals surface area contributed by atoms with Gasteiger partial charge in [-0.25, -0.2) is 0 Å². The first kappa shape index (κ1) is 15.7. The fraction of sp³-hybridized carbons (Fsp3) is 1.00. The van der Waals surface area contributed by atoms with Crippen molar-refractivity contribution in [2.24, 2.45) is 0 Å². The second-order valence-corrected chi connectivity index (χ2v) is 8.08. The van der Waals surface area contributed by atoms with Gasteiger partial charge < -0.3 is 0 Å². The molecule has 0 atom stereocenters. The maximum absolute atomic E-state index is 2.28. The molecule has 0 amide bonds. The van der Waals surface area contributed by atoms with E-state index in [1.165, 1.54) is 0 Å². The van der Waals surface area contributed by atoms with Crippen molar-refractivity contribution >= 4 is 21.6 Å². The molecule has 1 aromatic heterocycles. The van der Waals surface area contributed by atoms with Gasteiger partial charge in [-0.3, -0.25) is 0 Å². The Morgan fingerprint density at radius 3 is 0.722 bits per heavy atom. The van der Waals surface area contributed by atoms with Crippen molar-refractivity contribution in [3.8, 4) is 0 Å². The summed E-state index contributed by atoms with van der Waals surface area (Å²) in [7, 11) is 6.59. The van der Waals surface area contributed by atoms with Gasteiger partial charge in [0.15, 0.2) is 0 Å². The van der Waals surface area contributed by atoms with Crippen LogP contribution in [0, 0.1) is 0 Å². The molecule has 0 saturated heterocycles. The molecule has 0 fully saturated rings. The van der Waals surface area contributed by atoms with Gasteiger partial charge in [0, 0.05) is 0 Å². The van der Waals surface area contributed by atoms with Gasteiger partial charge in [-0.1, -0.05) is 0 Å². The fourth-order valence-electron chi connectivity index (χ4n) is 1.53. The first-order valence-electron chi connectivity index (χ1n) is 6.72. The second kappa shape index (κ2) is 4.61. The second-order valence-electron chi connectivity index (χ2n) is 8.08. The normalized spacial score (nSPS) is 13.2. The molecule has 0 N–H and O–H groups in total. The Labute approximate surface area is 114 Å². The Kier molecular flexibility index (Phi) is 4.01. The summed E-state index contributed by atoms with van der Waals surface area (Å²) in [6.45, 7) is 20.1. The van der Waals surface area contributed by atoms with Crippen molar-refractivity contribution in [1.29, 1.82) is 0 Å². The van der Waals surface area contributed by atoms with Crippen LogP contribution in [0.1, 0.15) is 62.3 Å². The first-order chi connectivity index (χ1) is 7.82. The summed E-state index contributed by atoms with van der Waals surface area (Å²) in [6.07, 6.45) is 0. The molecular weight excluding hydrogens is 219 g/mol. The van der Waals surface area contributed by atoms with E-state index in [2.05, 4.69) is 97.0 Å². The van der Waals surface area contributed by atoms with Gasteiger partial charge >= 0.3 is 114 Å². The van der Waals surface area contributed by atoms with Gasteiger partial charge in [0.25, 0.3) is 0 Å². The van der Waals surface area contributed by atoms with E-state index in [0.29, 0.717) is 0 Å². The summed E-state index contributed by atoms with van der Waals surface area (Å²) in [5.74, 6) is 0. The van der Waals surface area contributed by atoms with E-state index in [1.807, 2.05) is 0 Å². The van der Waals surface area contributed by atoms with Crippen LogP contribution in [0.15, 0.2) is 0 Å². The first-order valence-corrected chi connectivity index (χ1v) is 6.72. The van der Waals surface area contributed by atoms with Crippen LogP contribution in [0.4, 0.5) is 0 Å². The molecule has 18 heavy (non-hydrogen) atoms. The van der Waals surface area contributed by atoms with E-state index in [-0.39, 0.29) is 16.6 Å². The standard InChI is InChI=1S/C12H27B3N3/c1-10(2,3)16-13-17(11(4,5)6)15-18(14-16)12(7,8)9/h1-9H3/q+3. The zero-order valence-electron chi connectivity index (χ0n) is 13.6. The van der Waals surface area contributed by atoms with Crippen molar-refractivity contribution in [3.63, 3.8) is 0 Å². The van der Waals surface area contributed by atoms with Crippen LogP contribution >= 0.6 is 0 Å².